The van der Waals surface area contributed by atoms with Gasteiger partial charge in [0.15, 0.2) is 5.82 Å². The highest BCUT2D eigenvalue weighted by atomic mass is 16.2. The highest BCUT2D eigenvalue weighted by Crippen LogP contribution is 2.09. The third-order valence-corrected chi connectivity index (χ3v) is 2.21. The lowest BCUT2D eigenvalue weighted by molar-refractivity contribution is 0.283. The molecule has 1 rings (SSSR count). The molecular weight excluding hydrogens is 192 g/mol. The molecule has 84 valence electrons. The molecule has 0 unspecified atom stereocenters. The second-order valence-electron chi connectivity index (χ2n) is 3.52. The summed E-state index contributed by atoms with van der Waals surface area (Å²) in [5.74, 6) is 1.26. The SMILES string of the molecule is CN(CCCCCO)c1ccc(N)nn1. The molecule has 0 fully saturated rings. The molecule has 0 aromatic carbocycles. The quantitative estimate of drug-likeness (QED) is 0.674. The summed E-state index contributed by atoms with van der Waals surface area (Å²) in [7, 11) is 1.97. The number of aromatic nitrogens is 2. The van der Waals surface area contributed by atoms with Gasteiger partial charge in [-0.05, 0) is 31.4 Å². The van der Waals surface area contributed by atoms with Crippen molar-refractivity contribution in [3.8, 4) is 0 Å². The highest BCUT2D eigenvalue weighted by Gasteiger charge is 2.01. The van der Waals surface area contributed by atoms with Crippen molar-refractivity contribution in [1.29, 1.82) is 0 Å². The normalized spacial score (nSPS) is 10.3. The zero-order chi connectivity index (χ0) is 11.1. The number of hydrogen-bond acceptors (Lipinski definition) is 5. The Morgan fingerprint density at radius 1 is 1.27 bits per heavy atom. The fourth-order valence-electron chi connectivity index (χ4n) is 1.29. The summed E-state index contributed by atoms with van der Waals surface area (Å²) in [6.45, 7) is 1.18. The number of aliphatic hydroxyl groups is 1. The van der Waals surface area contributed by atoms with Crippen LogP contribution < -0.4 is 10.6 Å². The molecule has 0 atom stereocenters. The number of anilines is 2. The summed E-state index contributed by atoms with van der Waals surface area (Å²) in [5.41, 5.74) is 5.45. The van der Waals surface area contributed by atoms with E-state index in [2.05, 4.69) is 10.2 Å². The van der Waals surface area contributed by atoms with Gasteiger partial charge >= 0.3 is 0 Å². The Bertz CT molecular complexity index is 275. The zero-order valence-corrected chi connectivity index (χ0v) is 9.06. The van der Waals surface area contributed by atoms with Gasteiger partial charge in [-0.25, -0.2) is 0 Å². The van der Waals surface area contributed by atoms with Crippen LogP contribution in [0.4, 0.5) is 11.6 Å². The van der Waals surface area contributed by atoms with Gasteiger partial charge in [-0.3, -0.25) is 0 Å². The largest absolute Gasteiger partial charge is 0.396 e. The van der Waals surface area contributed by atoms with E-state index in [9.17, 15) is 0 Å². The predicted octanol–water partition coefficient (Wildman–Crippen LogP) is 0.658. The summed E-state index contributed by atoms with van der Waals surface area (Å²) in [6.07, 6.45) is 2.94. The van der Waals surface area contributed by atoms with E-state index in [0.717, 1.165) is 31.6 Å². The van der Waals surface area contributed by atoms with Crippen molar-refractivity contribution in [3.05, 3.63) is 12.1 Å². The zero-order valence-electron chi connectivity index (χ0n) is 9.06. The Labute approximate surface area is 89.9 Å². The van der Waals surface area contributed by atoms with E-state index in [0.29, 0.717) is 5.82 Å². The van der Waals surface area contributed by atoms with Crippen molar-refractivity contribution in [2.24, 2.45) is 0 Å². The molecular formula is C10H18N4O. The Balaban J connectivity index is 2.33. The van der Waals surface area contributed by atoms with Gasteiger partial charge in [0.25, 0.3) is 0 Å². The second-order valence-corrected chi connectivity index (χ2v) is 3.52. The van der Waals surface area contributed by atoms with Crippen LogP contribution in [-0.4, -0.2) is 35.5 Å². The van der Waals surface area contributed by atoms with Gasteiger partial charge in [0, 0.05) is 20.2 Å². The van der Waals surface area contributed by atoms with Crippen molar-refractivity contribution < 1.29 is 5.11 Å². The molecule has 0 aliphatic rings. The predicted molar refractivity (Wildman–Crippen MR) is 60.7 cm³/mol. The molecule has 0 saturated carbocycles. The lowest BCUT2D eigenvalue weighted by Gasteiger charge is -2.16. The number of nitrogens with zero attached hydrogens (tertiary/aromatic N) is 3. The molecule has 0 radical (unpaired) electrons. The van der Waals surface area contributed by atoms with Crippen molar-refractivity contribution in [3.63, 3.8) is 0 Å². The molecule has 15 heavy (non-hydrogen) atoms. The van der Waals surface area contributed by atoms with Crippen LogP contribution in [0.15, 0.2) is 12.1 Å². The molecule has 1 heterocycles. The fraction of sp³-hybridized carbons (Fsp3) is 0.600. The maximum absolute atomic E-state index is 8.63. The number of aliphatic hydroxyl groups excluding tert-OH is 1. The fourth-order valence-corrected chi connectivity index (χ4v) is 1.29. The Hall–Kier alpha value is -1.36. The summed E-state index contributed by atoms with van der Waals surface area (Å²) in [5, 5.41) is 16.4. The molecule has 1 aromatic rings. The van der Waals surface area contributed by atoms with Crippen molar-refractivity contribution in [2.75, 3.05) is 30.8 Å². The molecule has 5 heteroatoms. The molecule has 0 aliphatic carbocycles. The van der Waals surface area contributed by atoms with Crippen LogP contribution in [0.2, 0.25) is 0 Å². The maximum atomic E-state index is 8.63. The average molecular weight is 210 g/mol. The van der Waals surface area contributed by atoms with E-state index < -0.39 is 0 Å². The van der Waals surface area contributed by atoms with Gasteiger partial charge in [0.1, 0.15) is 5.82 Å². The minimum atomic E-state index is 0.269. The standard InChI is InChI=1S/C10H18N4O/c1-14(7-3-2-4-8-15)10-6-5-9(11)12-13-10/h5-6,15H,2-4,7-8H2,1H3,(H2,11,12). The Morgan fingerprint density at radius 3 is 2.67 bits per heavy atom. The smallest absolute Gasteiger partial charge is 0.151 e. The number of nitrogens with two attached hydrogens (primary N) is 1. The molecule has 0 bridgehead atoms. The van der Waals surface area contributed by atoms with Crippen LogP contribution in [0.25, 0.3) is 0 Å². The number of rotatable bonds is 6. The first-order valence-electron chi connectivity index (χ1n) is 5.15. The van der Waals surface area contributed by atoms with Crippen LogP contribution in [0.5, 0.6) is 0 Å². The summed E-state index contributed by atoms with van der Waals surface area (Å²) < 4.78 is 0. The van der Waals surface area contributed by atoms with Crippen LogP contribution in [-0.2, 0) is 0 Å². The maximum Gasteiger partial charge on any atom is 0.151 e. The van der Waals surface area contributed by atoms with Gasteiger partial charge in [-0.15, -0.1) is 10.2 Å². The molecule has 0 saturated heterocycles. The van der Waals surface area contributed by atoms with Crippen LogP contribution in [0.1, 0.15) is 19.3 Å². The van der Waals surface area contributed by atoms with Crippen LogP contribution in [0.3, 0.4) is 0 Å². The Kier molecular flexibility index (Phi) is 4.83. The van der Waals surface area contributed by atoms with Crippen molar-refractivity contribution in [2.45, 2.75) is 19.3 Å². The van der Waals surface area contributed by atoms with E-state index in [1.807, 2.05) is 18.0 Å². The molecule has 5 nitrogen and oxygen atoms in total. The third-order valence-electron chi connectivity index (χ3n) is 2.21. The van der Waals surface area contributed by atoms with Gasteiger partial charge in [0.05, 0.1) is 0 Å². The second kappa shape index (κ2) is 6.19. The molecule has 0 spiro atoms. The first-order valence-corrected chi connectivity index (χ1v) is 5.15. The van der Waals surface area contributed by atoms with E-state index in [4.69, 9.17) is 10.8 Å². The van der Waals surface area contributed by atoms with E-state index in [1.54, 1.807) is 6.07 Å². The van der Waals surface area contributed by atoms with E-state index in [-0.39, 0.29) is 6.61 Å². The summed E-state index contributed by atoms with van der Waals surface area (Å²) in [6, 6.07) is 3.60. The average Bonchev–Trinajstić information content (AvgIpc) is 2.25. The number of hydrogen-bond donors (Lipinski definition) is 2. The van der Waals surface area contributed by atoms with E-state index in [1.165, 1.54) is 0 Å². The van der Waals surface area contributed by atoms with Gasteiger partial charge in [0.2, 0.25) is 0 Å². The van der Waals surface area contributed by atoms with Crippen molar-refractivity contribution in [1.82, 2.24) is 10.2 Å². The van der Waals surface area contributed by atoms with Gasteiger partial charge in [-0.2, -0.15) is 0 Å². The minimum Gasteiger partial charge on any atom is -0.396 e. The first kappa shape index (κ1) is 11.7. The molecule has 0 amide bonds. The van der Waals surface area contributed by atoms with Crippen LogP contribution in [0, 0.1) is 0 Å². The highest BCUT2D eigenvalue weighted by molar-refractivity contribution is 5.40. The van der Waals surface area contributed by atoms with E-state index >= 15 is 0 Å². The minimum absolute atomic E-state index is 0.269. The topological polar surface area (TPSA) is 75.3 Å². The summed E-state index contributed by atoms with van der Waals surface area (Å²) >= 11 is 0. The monoisotopic (exact) mass is 210 g/mol. The van der Waals surface area contributed by atoms with Crippen LogP contribution >= 0.6 is 0 Å². The van der Waals surface area contributed by atoms with Gasteiger partial charge in [-0.1, -0.05) is 0 Å². The number of nitrogen functional groups attached to an aromatic ring is 1. The Morgan fingerprint density at radius 2 is 2.07 bits per heavy atom. The third kappa shape index (κ3) is 4.12. The lowest BCUT2D eigenvalue weighted by Crippen LogP contribution is -2.20. The van der Waals surface area contributed by atoms with Crippen molar-refractivity contribution >= 4 is 11.6 Å². The van der Waals surface area contributed by atoms with Gasteiger partial charge < -0.3 is 15.7 Å². The first-order chi connectivity index (χ1) is 7.24. The molecule has 3 N–H and O–H groups in total. The molecule has 0 aliphatic heterocycles. The molecule has 1 aromatic heterocycles. The number of unbranched alkanes of at least 4 members (excludes halogenated alkanes) is 2. The lowest BCUT2D eigenvalue weighted by atomic mass is 10.2. The summed E-state index contributed by atoms with van der Waals surface area (Å²) in [4.78, 5) is 2.03.